The molecule has 1 N–H and O–H groups in total. The minimum absolute atomic E-state index is 0.673. The van der Waals surface area contributed by atoms with Crippen LogP contribution < -0.4 is 10.2 Å². The highest BCUT2D eigenvalue weighted by Crippen LogP contribution is 2.30. The van der Waals surface area contributed by atoms with Gasteiger partial charge in [0.1, 0.15) is 0 Å². The van der Waals surface area contributed by atoms with Crippen LogP contribution in [0.2, 0.25) is 0 Å². The molecule has 2 nitrogen and oxygen atoms in total. The second kappa shape index (κ2) is 4.37. The molecule has 0 aliphatic carbocycles. The fraction of sp³-hybridized carbons (Fsp3) is 0.500. The molecule has 1 aromatic carbocycles. The van der Waals surface area contributed by atoms with Crippen molar-refractivity contribution < 1.29 is 8.78 Å². The van der Waals surface area contributed by atoms with E-state index in [1.807, 2.05) is 19.2 Å². The monoisotopic (exact) mass is 226 g/mol. The molecule has 0 amide bonds. The van der Waals surface area contributed by atoms with Gasteiger partial charge >= 0.3 is 0 Å². The summed E-state index contributed by atoms with van der Waals surface area (Å²) in [4.78, 5) is 2.15. The molecule has 1 aromatic rings. The van der Waals surface area contributed by atoms with Crippen LogP contribution >= 0.6 is 0 Å². The Morgan fingerprint density at radius 2 is 2.12 bits per heavy atom. The summed E-state index contributed by atoms with van der Waals surface area (Å²) in [5.41, 5.74) is 3.00. The Morgan fingerprint density at radius 3 is 2.75 bits per heavy atom. The molecule has 0 fully saturated rings. The summed E-state index contributed by atoms with van der Waals surface area (Å²) < 4.78 is 25.5. The van der Waals surface area contributed by atoms with Gasteiger partial charge in [0, 0.05) is 19.3 Å². The summed E-state index contributed by atoms with van der Waals surface area (Å²) in [5, 5.41) is 2.66. The van der Waals surface area contributed by atoms with Gasteiger partial charge < -0.3 is 10.2 Å². The standard InChI is InChI=1S/C12H16F2N2/c1-15-11(12(13)14)9-3-4-10-8(7-9)5-6-16(10)2/h3-4,7,11-12,15H,5-6H2,1-2H3. The predicted octanol–water partition coefficient (Wildman–Crippen LogP) is 2.20. The Bertz CT molecular complexity index is 379. The molecule has 0 saturated heterocycles. The number of alkyl halides is 2. The van der Waals surface area contributed by atoms with E-state index in [-0.39, 0.29) is 0 Å². The average Bonchev–Trinajstić information content (AvgIpc) is 2.61. The fourth-order valence-electron chi connectivity index (χ4n) is 2.22. The average molecular weight is 226 g/mol. The number of benzene rings is 1. The second-order valence-electron chi connectivity index (χ2n) is 4.16. The highest BCUT2D eigenvalue weighted by atomic mass is 19.3. The molecule has 0 aromatic heterocycles. The lowest BCUT2D eigenvalue weighted by atomic mass is 10.0. The summed E-state index contributed by atoms with van der Waals surface area (Å²) in [7, 11) is 3.59. The van der Waals surface area contributed by atoms with Crippen molar-refractivity contribution in [3.63, 3.8) is 0 Å². The van der Waals surface area contributed by atoms with Crippen molar-refractivity contribution in [2.45, 2.75) is 18.9 Å². The van der Waals surface area contributed by atoms with E-state index in [4.69, 9.17) is 0 Å². The van der Waals surface area contributed by atoms with Crippen molar-refractivity contribution in [1.29, 1.82) is 0 Å². The van der Waals surface area contributed by atoms with E-state index in [1.54, 1.807) is 13.1 Å². The largest absolute Gasteiger partial charge is 0.374 e. The van der Waals surface area contributed by atoms with Crippen LogP contribution in [0.1, 0.15) is 17.2 Å². The van der Waals surface area contributed by atoms with Crippen molar-refractivity contribution in [1.82, 2.24) is 5.32 Å². The maximum atomic E-state index is 12.7. The summed E-state index contributed by atoms with van der Waals surface area (Å²) in [6.45, 7) is 0.970. The van der Waals surface area contributed by atoms with Crippen molar-refractivity contribution in [3.8, 4) is 0 Å². The van der Waals surface area contributed by atoms with Crippen LogP contribution in [0.15, 0.2) is 18.2 Å². The Balaban J connectivity index is 2.31. The van der Waals surface area contributed by atoms with Crippen molar-refractivity contribution in [2.24, 2.45) is 0 Å². The first-order valence-electron chi connectivity index (χ1n) is 5.43. The zero-order chi connectivity index (χ0) is 11.7. The molecule has 1 unspecified atom stereocenters. The lowest BCUT2D eigenvalue weighted by Crippen LogP contribution is -2.23. The minimum Gasteiger partial charge on any atom is -0.374 e. The normalized spacial score (nSPS) is 16.7. The van der Waals surface area contributed by atoms with Gasteiger partial charge in [0.2, 0.25) is 0 Å². The summed E-state index contributed by atoms with van der Waals surface area (Å²) in [6.07, 6.45) is -1.43. The Hall–Kier alpha value is -1.16. The van der Waals surface area contributed by atoms with E-state index in [0.29, 0.717) is 5.56 Å². The van der Waals surface area contributed by atoms with Gasteiger partial charge in [-0.1, -0.05) is 12.1 Å². The molecule has 2 rings (SSSR count). The van der Waals surface area contributed by atoms with Crippen LogP contribution in [0.4, 0.5) is 14.5 Å². The number of hydrogen-bond donors (Lipinski definition) is 1. The molecule has 0 spiro atoms. The van der Waals surface area contributed by atoms with E-state index in [1.165, 1.54) is 5.56 Å². The number of nitrogens with zero attached hydrogens (tertiary/aromatic N) is 1. The zero-order valence-corrected chi connectivity index (χ0v) is 9.50. The number of hydrogen-bond acceptors (Lipinski definition) is 2. The first-order valence-corrected chi connectivity index (χ1v) is 5.43. The maximum Gasteiger partial charge on any atom is 0.257 e. The Kier molecular flexibility index (Phi) is 3.10. The highest BCUT2D eigenvalue weighted by molar-refractivity contribution is 5.58. The van der Waals surface area contributed by atoms with Crippen LogP contribution in [0.3, 0.4) is 0 Å². The molecule has 1 heterocycles. The van der Waals surface area contributed by atoms with Crippen molar-refractivity contribution >= 4 is 5.69 Å². The zero-order valence-electron chi connectivity index (χ0n) is 9.50. The van der Waals surface area contributed by atoms with E-state index in [0.717, 1.165) is 18.7 Å². The number of rotatable bonds is 3. The first-order chi connectivity index (χ1) is 7.63. The van der Waals surface area contributed by atoms with E-state index < -0.39 is 12.5 Å². The summed E-state index contributed by atoms with van der Waals surface area (Å²) in [6, 6.07) is 4.75. The molecule has 0 bridgehead atoms. The van der Waals surface area contributed by atoms with Crippen LogP contribution in [0, 0.1) is 0 Å². The molecular formula is C12H16F2N2. The van der Waals surface area contributed by atoms with Gasteiger partial charge in [-0.15, -0.1) is 0 Å². The molecule has 0 radical (unpaired) electrons. The van der Waals surface area contributed by atoms with Gasteiger partial charge in [-0.2, -0.15) is 0 Å². The van der Waals surface area contributed by atoms with Crippen LogP contribution in [-0.2, 0) is 6.42 Å². The molecule has 1 aliphatic heterocycles. The van der Waals surface area contributed by atoms with Gasteiger partial charge in [-0.3, -0.25) is 0 Å². The quantitative estimate of drug-likeness (QED) is 0.850. The SMILES string of the molecule is CNC(c1ccc2c(c1)CCN2C)C(F)F. The first kappa shape index (κ1) is 11.3. The summed E-state index contributed by atoms with van der Waals surface area (Å²) >= 11 is 0. The van der Waals surface area contributed by atoms with Crippen molar-refractivity contribution in [2.75, 3.05) is 25.5 Å². The third kappa shape index (κ3) is 1.89. The Labute approximate surface area is 94.3 Å². The Morgan fingerprint density at radius 1 is 1.38 bits per heavy atom. The molecular weight excluding hydrogens is 210 g/mol. The number of halogens is 2. The molecule has 4 heteroatoms. The minimum atomic E-state index is -2.37. The molecule has 0 saturated carbocycles. The van der Waals surface area contributed by atoms with Gasteiger partial charge in [0.15, 0.2) is 0 Å². The maximum absolute atomic E-state index is 12.7. The topological polar surface area (TPSA) is 15.3 Å². The van der Waals surface area contributed by atoms with Gasteiger partial charge in [-0.05, 0) is 30.7 Å². The van der Waals surface area contributed by atoms with Gasteiger partial charge in [0.25, 0.3) is 6.43 Å². The summed E-state index contributed by atoms with van der Waals surface area (Å²) in [5.74, 6) is 0. The van der Waals surface area contributed by atoms with Crippen LogP contribution in [0.5, 0.6) is 0 Å². The smallest absolute Gasteiger partial charge is 0.257 e. The number of nitrogens with one attached hydrogen (secondary N) is 1. The highest BCUT2D eigenvalue weighted by Gasteiger charge is 2.23. The van der Waals surface area contributed by atoms with Crippen LogP contribution in [0.25, 0.3) is 0 Å². The lowest BCUT2D eigenvalue weighted by Gasteiger charge is -2.17. The van der Waals surface area contributed by atoms with E-state index in [2.05, 4.69) is 10.2 Å². The number of likely N-dealkylation sites (N-methyl/N-ethyl adjacent to an activating group) is 1. The third-order valence-corrected chi connectivity index (χ3v) is 3.15. The number of fused-ring (bicyclic) bond motifs is 1. The van der Waals surface area contributed by atoms with Gasteiger partial charge in [0.05, 0.1) is 6.04 Å². The predicted molar refractivity (Wildman–Crippen MR) is 61.2 cm³/mol. The van der Waals surface area contributed by atoms with Gasteiger partial charge in [-0.25, -0.2) is 8.78 Å². The van der Waals surface area contributed by atoms with Crippen LogP contribution in [-0.4, -0.2) is 27.1 Å². The molecule has 1 aliphatic rings. The molecule has 16 heavy (non-hydrogen) atoms. The van der Waals surface area contributed by atoms with Crippen molar-refractivity contribution in [3.05, 3.63) is 29.3 Å². The second-order valence-corrected chi connectivity index (χ2v) is 4.16. The van der Waals surface area contributed by atoms with E-state index >= 15 is 0 Å². The van der Waals surface area contributed by atoms with E-state index in [9.17, 15) is 8.78 Å². The third-order valence-electron chi connectivity index (χ3n) is 3.15. The fourth-order valence-corrected chi connectivity index (χ4v) is 2.22. The lowest BCUT2D eigenvalue weighted by molar-refractivity contribution is 0.102. The molecule has 88 valence electrons. The molecule has 1 atom stereocenters. The number of anilines is 1.